The Labute approximate surface area is 153 Å². The first-order valence-corrected chi connectivity index (χ1v) is 8.57. The van der Waals surface area contributed by atoms with Gasteiger partial charge >= 0.3 is 0 Å². The Bertz CT molecular complexity index is 1030. The molecule has 3 aromatic heterocycles. The summed E-state index contributed by atoms with van der Waals surface area (Å²) in [6.45, 7) is 0. The van der Waals surface area contributed by atoms with Crippen LogP contribution in [0.4, 0.5) is 5.95 Å². The number of hydrogen-bond acceptors (Lipinski definition) is 5. The van der Waals surface area contributed by atoms with Crippen molar-refractivity contribution >= 4 is 32.9 Å². The average Bonchev–Trinajstić information content (AvgIpc) is 2.63. The maximum atomic E-state index is 5.88. The summed E-state index contributed by atoms with van der Waals surface area (Å²) in [5.41, 5.74) is 11.1. The number of aromatic nitrogens is 4. The molecule has 2 N–H and O–H groups in total. The molecule has 0 atom stereocenters. The lowest BCUT2D eigenvalue weighted by Gasteiger charge is -2.08. The van der Waals surface area contributed by atoms with E-state index in [1.54, 1.807) is 6.20 Å². The number of nitrogen functional groups attached to an aromatic ring is 1. The third kappa shape index (κ3) is 3.34. The average molecular weight is 392 g/mol. The van der Waals surface area contributed by atoms with Gasteiger partial charge in [0.2, 0.25) is 5.95 Å². The van der Waals surface area contributed by atoms with Crippen molar-refractivity contribution in [2.24, 2.45) is 0 Å². The fraction of sp³-hybridized carbons (Fsp3) is 0.0526. The van der Waals surface area contributed by atoms with Crippen LogP contribution in [0.15, 0.2) is 65.4 Å². The quantitative estimate of drug-likeness (QED) is 0.533. The third-order valence-corrected chi connectivity index (χ3v) is 4.34. The zero-order valence-corrected chi connectivity index (χ0v) is 14.8. The number of pyridine rings is 2. The lowest BCUT2D eigenvalue weighted by atomic mass is 10.1. The molecule has 0 saturated heterocycles. The second-order valence-corrected chi connectivity index (χ2v) is 6.44. The first-order valence-electron chi connectivity index (χ1n) is 7.78. The fourth-order valence-corrected chi connectivity index (χ4v) is 2.93. The van der Waals surface area contributed by atoms with Gasteiger partial charge in [0.15, 0.2) is 0 Å². The van der Waals surface area contributed by atoms with Crippen LogP contribution in [0.1, 0.15) is 11.3 Å². The molecule has 0 radical (unpaired) electrons. The molecule has 5 nitrogen and oxygen atoms in total. The van der Waals surface area contributed by atoms with Crippen molar-refractivity contribution in [3.63, 3.8) is 0 Å². The first-order chi connectivity index (χ1) is 12.2. The number of nitrogens with zero attached hydrogens (tertiary/aromatic N) is 4. The summed E-state index contributed by atoms with van der Waals surface area (Å²) in [4.78, 5) is 17.8. The molecule has 122 valence electrons. The Morgan fingerprint density at radius 1 is 0.880 bits per heavy atom. The predicted molar refractivity (Wildman–Crippen MR) is 102 cm³/mol. The number of halogens is 1. The van der Waals surface area contributed by atoms with E-state index >= 15 is 0 Å². The van der Waals surface area contributed by atoms with E-state index in [2.05, 4.69) is 43.0 Å². The van der Waals surface area contributed by atoms with Crippen LogP contribution < -0.4 is 5.73 Å². The van der Waals surface area contributed by atoms with Crippen LogP contribution in [0.5, 0.6) is 0 Å². The molecule has 0 unspecified atom stereocenters. The van der Waals surface area contributed by atoms with E-state index in [0.717, 1.165) is 38.2 Å². The minimum Gasteiger partial charge on any atom is -0.368 e. The maximum absolute atomic E-state index is 5.88. The Kier molecular flexibility index (Phi) is 4.11. The van der Waals surface area contributed by atoms with Crippen molar-refractivity contribution in [1.29, 1.82) is 0 Å². The molecule has 1 aromatic carbocycles. The van der Waals surface area contributed by atoms with Crippen LogP contribution in [0.2, 0.25) is 0 Å². The Balaban J connectivity index is 1.83. The van der Waals surface area contributed by atoms with Crippen LogP contribution in [-0.2, 0) is 6.42 Å². The molecule has 0 saturated carbocycles. The third-order valence-electron chi connectivity index (χ3n) is 3.87. The van der Waals surface area contributed by atoms with E-state index in [1.165, 1.54) is 0 Å². The molecule has 4 aromatic rings. The van der Waals surface area contributed by atoms with E-state index in [-0.39, 0.29) is 5.95 Å². The van der Waals surface area contributed by atoms with Gasteiger partial charge in [-0.05, 0) is 45.8 Å². The largest absolute Gasteiger partial charge is 0.368 e. The molecular weight excluding hydrogens is 378 g/mol. The van der Waals surface area contributed by atoms with Gasteiger partial charge in [0, 0.05) is 18.2 Å². The zero-order chi connectivity index (χ0) is 17.2. The van der Waals surface area contributed by atoms with Crippen LogP contribution in [0.25, 0.3) is 22.3 Å². The Morgan fingerprint density at radius 2 is 1.72 bits per heavy atom. The molecule has 0 amide bonds. The van der Waals surface area contributed by atoms with Gasteiger partial charge in [0.25, 0.3) is 0 Å². The van der Waals surface area contributed by atoms with Crippen molar-refractivity contribution in [3.05, 3.63) is 76.7 Å². The van der Waals surface area contributed by atoms with E-state index in [9.17, 15) is 0 Å². The normalized spacial score (nSPS) is 10.9. The monoisotopic (exact) mass is 391 g/mol. The van der Waals surface area contributed by atoms with Gasteiger partial charge in [0.1, 0.15) is 10.1 Å². The van der Waals surface area contributed by atoms with Gasteiger partial charge in [-0.25, -0.2) is 19.9 Å². The number of benzene rings is 1. The summed E-state index contributed by atoms with van der Waals surface area (Å²) in [6.07, 6.45) is 2.44. The molecule has 4 rings (SSSR count). The highest BCUT2D eigenvalue weighted by Gasteiger charge is 2.11. The summed E-state index contributed by atoms with van der Waals surface area (Å²) in [5, 5.41) is 0. The summed E-state index contributed by atoms with van der Waals surface area (Å²) in [6, 6.07) is 17.8. The second kappa shape index (κ2) is 6.57. The standard InChI is InChI=1S/C19H14BrN5/c20-17-9-6-13(11-22-17)14-7-8-15-18(23-14)16(25-19(21)24-15)10-12-4-2-1-3-5-12/h1-9,11H,10H2,(H2,21,24,25). The van der Waals surface area contributed by atoms with Gasteiger partial charge in [-0.1, -0.05) is 30.3 Å². The number of nitrogens with two attached hydrogens (primary N) is 1. The van der Waals surface area contributed by atoms with Crippen molar-refractivity contribution in [1.82, 2.24) is 19.9 Å². The van der Waals surface area contributed by atoms with Crippen molar-refractivity contribution in [2.45, 2.75) is 6.42 Å². The van der Waals surface area contributed by atoms with Gasteiger partial charge in [-0.15, -0.1) is 0 Å². The highest BCUT2D eigenvalue weighted by molar-refractivity contribution is 9.10. The van der Waals surface area contributed by atoms with Crippen LogP contribution >= 0.6 is 15.9 Å². The maximum Gasteiger partial charge on any atom is 0.220 e. The van der Waals surface area contributed by atoms with E-state index in [4.69, 9.17) is 10.7 Å². The van der Waals surface area contributed by atoms with E-state index in [1.807, 2.05) is 42.5 Å². The van der Waals surface area contributed by atoms with Crippen molar-refractivity contribution in [2.75, 3.05) is 5.73 Å². The molecule has 0 aliphatic rings. The van der Waals surface area contributed by atoms with Crippen LogP contribution in [-0.4, -0.2) is 19.9 Å². The van der Waals surface area contributed by atoms with Crippen molar-refractivity contribution < 1.29 is 0 Å². The zero-order valence-electron chi connectivity index (χ0n) is 13.2. The highest BCUT2D eigenvalue weighted by Crippen LogP contribution is 2.23. The predicted octanol–water partition coefficient (Wildman–Crippen LogP) is 4.02. The smallest absolute Gasteiger partial charge is 0.220 e. The molecular formula is C19H14BrN5. The first kappa shape index (κ1) is 15.7. The molecule has 0 aliphatic carbocycles. The van der Waals surface area contributed by atoms with E-state index < -0.39 is 0 Å². The highest BCUT2D eigenvalue weighted by atomic mass is 79.9. The molecule has 0 fully saturated rings. The Morgan fingerprint density at radius 3 is 2.48 bits per heavy atom. The molecule has 0 bridgehead atoms. The van der Waals surface area contributed by atoms with Crippen LogP contribution in [0.3, 0.4) is 0 Å². The SMILES string of the molecule is Nc1nc(Cc2ccccc2)c2nc(-c3ccc(Br)nc3)ccc2n1. The lowest BCUT2D eigenvalue weighted by molar-refractivity contribution is 1.06. The number of anilines is 1. The Hall–Kier alpha value is -2.86. The molecule has 25 heavy (non-hydrogen) atoms. The summed E-state index contributed by atoms with van der Waals surface area (Å²) >= 11 is 3.35. The molecule has 6 heteroatoms. The van der Waals surface area contributed by atoms with Crippen LogP contribution in [0, 0.1) is 0 Å². The number of fused-ring (bicyclic) bond motifs is 1. The fourth-order valence-electron chi connectivity index (χ4n) is 2.69. The van der Waals surface area contributed by atoms with Gasteiger partial charge < -0.3 is 5.73 Å². The summed E-state index contributed by atoms with van der Waals surface area (Å²) < 4.78 is 0.790. The summed E-state index contributed by atoms with van der Waals surface area (Å²) in [7, 11) is 0. The summed E-state index contributed by atoms with van der Waals surface area (Å²) in [5.74, 6) is 0.262. The number of rotatable bonds is 3. The minimum atomic E-state index is 0.262. The van der Waals surface area contributed by atoms with Gasteiger partial charge in [-0.3, -0.25) is 0 Å². The lowest BCUT2D eigenvalue weighted by Crippen LogP contribution is -2.03. The van der Waals surface area contributed by atoms with Crippen molar-refractivity contribution in [3.8, 4) is 11.3 Å². The molecule has 3 heterocycles. The van der Waals surface area contributed by atoms with E-state index in [0.29, 0.717) is 6.42 Å². The minimum absolute atomic E-state index is 0.262. The molecule has 0 aliphatic heterocycles. The second-order valence-electron chi connectivity index (χ2n) is 5.62. The molecule has 0 spiro atoms. The topological polar surface area (TPSA) is 77.6 Å². The number of hydrogen-bond donors (Lipinski definition) is 1. The van der Waals surface area contributed by atoms with Gasteiger partial charge in [0.05, 0.1) is 16.9 Å². The van der Waals surface area contributed by atoms with Gasteiger partial charge in [-0.2, -0.15) is 0 Å².